The number of rotatable bonds is 6. The molecule has 0 aliphatic heterocycles. The number of benzene rings is 1. The van der Waals surface area contributed by atoms with Gasteiger partial charge in [-0.25, -0.2) is 0 Å². The van der Waals surface area contributed by atoms with Crippen LogP contribution in [0.4, 0.5) is 0 Å². The Hall–Kier alpha value is -0.900. The number of hydrogen-bond acceptors (Lipinski definition) is 3. The molecule has 2 atom stereocenters. The fraction of sp³-hybridized carbons (Fsp3) is 0.538. The first-order chi connectivity index (χ1) is 7.65. The largest absolute Gasteiger partial charge is 0.382 e. The van der Waals surface area contributed by atoms with Crippen LogP contribution in [0.25, 0.3) is 0 Å². The minimum atomic E-state index is 0.228. The van der Waals surface area contributed by atoms with E-state index >= 15 is 0 Å². The maximum atomic E-state index is 5.56. The van der Waals surface area contributed by atoms with Crippen molar-refractivity contribution >= 4 is 0 Å². The number of nitrogens with one attached hydrogen (secondary N) is 1. The van der Waals surface area contributed by atoms with Gasteiger partial charge >= 0.3 is 0 Å². The lowest BCUT2D eigenvalue weighted by molar-refractivity contribution is 0.100. The summed E-state index contributed by atoms with van der Waals surface area (Å²) in [5.74, 6) is 5.56. The Balaban J connectivity index is 2.56. The Morgan fingerprint density at radius 2 is 2.19 bits per heavy atom. The van der Waals surface area contributed by atoms with Gasteiger partial charge in [-0.15, -0.1) is 0 Å². The van der Waals surface area contributed by atoms with Gasteiger partial charge in [-0.1, -0.05) is 29.8 Å². The first kappa shape index (κ1) is 13.2. The number of hydrazine groups is 1. The van der Waals surface area contributed by atoms with Crippen molar-refractivity contribution in [1.82, 2.24) is 5.43 Å². The highest BCUT2D eigenvalue weighted by Gasteiger charge is 2.11. The SMILES string of the molecule is COC(C)CC(Cc1cccc(C)c1)NN. The van der Waals surface area contributed by atoms with Gasteiger partial charge in [0.1, 0.15) is 0 Å². The second-order valence-corrected chi connectivity index (χ2v) is 4.34. The van der Waals surface area contributed by atoms with E-state index in [1.54, 1.807) is 7.11 Å². The van der Waals surface area contributed by atoms with Crippen molar-refractivity contribution in [2.45, 2.75) is 38.8 Å². The minimum Gasteiger partial charge on any atom is -0.382 e. The Kier molecular flexibility index (Phi) is 5.46. The fourth-order valence-electron chi connectivity index (χ4n) is 1.83. The quantitative estimate of drug-likeness (QED) is 0.570. The molecule has 3 nitrogen and oxygen atoms in total. The predicted molar refractivity (Wildman–Crippen MR) is 67.1 cm³/mol. The van der Waals surface area contributed by atoms with E-state index in [2.05, 4.69) is 43.5 Å². The van der Waals surface area contributed by atoms with Gasteiger partial charge in [-0.05, 0) is 32.3 Å². The molecule has 0 aromatic heterocycles. The normalized spacial score (nSPS) is 14.8. The van der Waals surface area contributed by atoms with Crippen LogP contribution in [-0.4, -0.2) is 19.3 Å². The maximum Gasteiger partial charge on any atom is 0.0558 e. The van der Waals surface area contributed by atoms with E-state index in [-0.39, 0.29) is 12.1 Å². The number of hydrogen-bond donors (Lipinski definition) is 2. The third-order valence-electron chi connectivity index (χ3n) is 2.82. The number of ether oxygens (including phenoxy) is 1. The highest BCUT2D eigenvalue weighted by atomic mass is 16.5. The van der Waals surface area contributed by atoms with E-state index in [1.165, 1.54) is 11.1 Å². The third kappa shape index (κ3) is 4.31. The van der Waals surface area contributed by atoms with E-state index < -0.39 is 0 Å². The van der Waals surface area contributed by atoms with Crippen LogP contribution in [0, 0.1) is 6.92 Å². The summed E-state index contributed by atoms with van der Waals surface area (Å²) < 4.78 is 5.25. The standard InChI is InChI=1S/C13H22N2O/c1-10-5-4-6-12(7-10)9-13(15-14)8-11(2)16-3/h4-7,11,13,15H,8-9,14H2,1-3H3. The van der Waals surface area contributed by atoms with Crippen molar-refractivity contribution in [1.29, 1.82) is 0 Å². The molecule has 1 aromatic rings. The van der Waals surface area contributed by atoms with Crippen molar-refractivity contribution in [2.75, 3.05) is 7.11 Å². The van der Waals surface area contributed by atoms with E-state index in [4.69, 9.17) is 10.6 Å². The van der Waals surface area contributed by atoms with Gasteiger partial charge in [0.05, 0.1) is 6.10 Å². The highest BCUT2D eigenvalue weighted by Crippen LogP contribution is 2.10. The lowest BCUT2D eigenvalue weighted by Crippen LogP contribution is -2.39. The molecule has 0 saturated carbocycles. The van der Waals surface area contributed by atoms with Crippen molar-refractivity contribution in [3.05, 3.63) is 35.4 Å². The first-order valence-corrected chi connectivity index (χ1v) is 5.70. The Morgan fingerprint density at radius 1 is 1.44 bits per heavy atom. The Labute approximate surface area is 98.0 Å². The number of aryl methyl sites for hydroxylation is 1. The Bertz CT molecular complexity index is 315. The average Bonchev–Trinajstić information content (AvgIpc) is 2.28. The molecule has 0 heterocycles. The smallest absolute Gasteiger partial charge is 0.0558 e. The summed E-state index contributed by atoms with van der Waals surface area (Å²) in [5.41, 5.74) is 5.45. The van der Waals surface area contributed by atoms with Crippen LogP contribution >= 0.6 is 0 Å². The lowest BCUT2D eigenvalue weighted by atomic mass is 10.0. The van der Waals surface area contributed by atoms with Crippen LogP contribution in [0.1, 0.15) is 24.5 Å². The molecule has 0 aliphatic rings. The van der Waals surface area contributed by atoms with Gasteiger partial charge in [-0.2, -0.15) is 0 Å². The number of nitrogens with two attached hydrogens (primary N) is 1. The molecule has 90 valence electrons. The molecule has 0 saturated heterocycles. The molecule has 0 spiro atoms. The van der Waals surface area contributed by atoms with Crippen molar-refractivity contribution < 1.29 is 4.74 Å². The van der Waals surface area contributed by atoms with Gasteiger partial charge in [0.25, 0.3) is 0 Å². The van der Waals surface area contributed by atoms with Gasteiger partial charge in [-0.3, -0.25) is 11.3 Å². The summed E-state index contributed by atoms with van der Waals surface area (Å²) in [4.78, 5) is 0. The monoisotopic (exact) mass is 222 g/mol. The number of methoxy groups -OCH3 is 1. The zero-order valence-electron chi connectivity index (χ0n) is 10.4. The van der Waals surface area contributed by atoms with Crippen LogP contribution in [0.3, 0.4) is 0 Å². The molecule has 0 bridgehead atoms. The average molecular weight is 222 g/mol. The molecule has 0 fully saturated rings. The molecule has 3 N–H and O–H groups in total. The van der Waals surface area contributed by atoms with E-state index in [1.807, 2.05) is 0 Å². The van der Waals surface area contributed by atoms with E-state index in [0.29, 0.717) is 0 Å². The molecule has 2 unspecified atom stereocenters. The molecule has 0 aliphatic carbocycles. The van der Waals surface area contributed by atoms with Crippen LogP contribution in [-0.2, 0) is 11.2 Å². The molecule has 1 aromatic carbocycles. The lowest BCUT2D eigenvalue weighted by Gasteiger charge is -2.19. The summed E-state index contributed by atoms with van der Waals surface area (Å²) >= 11 is 0. The summed E-state index contributed by atoms with van der Waals surface area (Å²) in [6.07, 6.45) is 2.08. The van der Waals surface area contributed by atoms with Crippen molar-refractivity contribution in [3.8, 4) is 0 Å². The maximum absolute atomic E-state index is 5.56. The summed E-state index contributed by atoms with van der Waals surface area (Å²) in [6, 6.07) is 8.78. The summed E-state index contributed by atoms with van der Waals surface area (Å²) in [7, 11) is 1.73. The Morgan fingerprint density at radius 3 is 2.75 bits per heavy atom. The second kappa shape index (κ2) is 6.63. The molecular weight excluding hydrogens is 200 g/mol. The van der Waals surface area contributed by atoms with Crippen LogP contribution < -0.4 is 11.3 Å². The highest BCUT2D eigenvalue weighted by molar-refractivity contribution is 5.22. The second-order valence-electron chi connectivity index (χ2n) is 4.34. The molecular formula is C13H22N2O. The van der Waals surface area contributed by atoms with Crippen LogP contribution in [0.15, 0.2) is 24.3 Å². The molecule has 3 heteroatoms. The van der Waals surface area contributed by atoms with Gasteiger partial charge in [0.15, 0.2) is 0 Å². The predicted octanol–water partition coefficient (Wildman–Crippen LogP) is 1.79. The molecule has 0 amide bonds. The molecule has 16 heavy (non-hydrogen) atoms. The van der Waals surface area contributed by atoms with Crippen molar-refractivity contribution in [2.24, 2.45) is 5.84 Å². The summed E-state index contributed by atoms with van der Waals surface area (Å²) in [5, 5.41) is 0. The third-order valence-corrected chi connectivity index (χ3v) is 2.82. The molecule has 1 rings (SSSR count). The van der Waals surface area contributed by atoms with Crippen LogP contribution in [0.5, 0.6) is 0 Å². The topological polar surface area (TPSA) is 47.3 Å². The van der Waals surface area contributed by atoms with Crippen molar-refractivity contribution in [3.63, 3.8) is 0 Å². The fourth-order valence-corrected chi connectivity index (χ4v) is 1.83. The summed E-state index contributed by atoms with van der Waals surface area (Å²) in [6.45, 7) is 4.16. The zero-order valence-corrected chi connectivity index (χ0v) is 10.4. The zero-order chi connectivity index (χ0) is 12.0. The minimum absolute atomic E-state index is 0.228. The molecule has 0 radical (unpaired) electrons. The van der Waals surface area contributed by atoms with Gasteiger partial charge < -0.3 is 4.74 Å². The first-order valence-electron chi connectivity index (χ1n) is 5.70. The van der Waals surface area contributed by atoms with E-state index in [9.17, 15) is 0 Å². The van der Waals surface area contributed by atoms with Gasteiger partial charge in [0, 0.05) is 13.2 Å². The van der Waals surface area contributed by atoms with Crippen LogP contribution in [0.2, 0.25) is 0 Å². The van der Waals surface area contributed by atoms with E-state index in [0.717, 1.165) is 12.8 Å². The van der Waals surface area contributed by atoms with Gasteiger partial charge in [0.2, 0.25) is 0 Å².